The van der Waals surface area contributed by atoms with Gasteiger partial charge in [0.15, 0.2) is 0 Å². The van der Waals surface area contributed by atoms with Crippen LogP contribution in [0.2, 0.25) is 0 Å². The van der Waals surface area contributed by atoms with Gasteiger partial charge in [-0.1, -0.05) is 22.0 Å². The molecule has 3 N–H and O–H groups in total. The van der Waals surface area contributed by atoms with Gasteiger partial charge in [0.1, 0.15) is 5.75 Å². The van der Waals surface area contributed by atoms with Crippen molar-refractivity contribution in [1.82, 2.24) is 9.97 Å². The highest BCUT2D eigenvalue weighted by Crippen LogP contribution is 2.20. The number of hydrogen-bond acceptors (Lipinski definition) is 4. The number of phenols is 1. The molecule has 0 amide bonds. The van der Waals surface area contributed by atoms with Crippen molar-refractivity contribution in [2.45, 2.75) is 6.92 Å². The van der Waals surface area contributed by atoms with E-state index in [1.54, 1.807) is 24.4 Å². The second-order valence-corrected chi connectivity index (χ2v) is 5.59. The van der Waals surface area contributed by atoms with E-state index in [1.165, 1.54) is 5.56 Å². The van der Waals surface area contributed by atoms with Crippen molar-refractivity contribution in [2.75, 3.05) is 5.43 Å². The number of nitrogens with zero attached hydrogens (tertiary/aromatic N) is 2. The fourth-order valence-corrected chi connectivity index (χ4v) is 2.35. The van der Waals surface area contributed by atoms with E-state index in [2.05, 4.69) is 36.4 Å². The molecule has 0 saturated carbocycles. The maximum Gasteiger partial charge on any atom is 0.222 e. The molecule has 3 aromatic rings. The zero-order chi connectivity index (χ0) is 14.8. The molecular weight excluding hydrogens is 332 g/mol. The Morgan fingerprint density at radius 3 is 3.00 bits per heavy atom. The molecule has 1 aromatic heterocycles. The van der Waals surface area contributed by atoms with Gasteiger partial charge in [-0.05, 0) is 42.8 Å². The molecule has 0 aliphatic heterocycles. The summed E-state index contributed by atoms with van der Waals surface area (Å²) in [6.07, 6.45) is 1.54. The van der Waals surface area contributed by atoms with Gasteiger partial charge in [-0.15, -0.1) is 0 Å². The lowest BCUT2D eigenvalue weighted by Gasteiger charge is -1.99. The molecule has 5 nitrogen and oxygen atoms in total. The topological polar surface area (TPSA) is 73.3 Å². The molecule has 0 atom stereocenters. The van der Waals surface area contributed by atoms with E-state index in [0.29, 0.717) is 11.5 Å². The average molecular weight is 345 g/mol. The van der Waals surface area contributed by atoms with Gasteiger partial charge in [-0.3, -0.25) is 0 Å². The summed E-state index contributed by atoms with van der Waals surface area (Å²) in [5.41, 5.74) is 6.44. The predicted octanol–water partition coefficient (Wildman–Crippen LogP) is 3.79. The maximum atomic E-state index is 9.71. The van der Waals surface area contributed by atoms with E-state index < -0.39 is 0 Å². The SMILES string of the molecule is Cc1ccc2nc(N/N=C\c3cc(Br)ccc3O)[nH]c2c1. The summed E-state index contributed by atoms with van der Waals surface area (Å²) in [5.74, 6) is 0.727. The molecule has 0 bridgehead atoms. The van der Waals surface area contributed by atoms with Crippen LogP contribution in [0.25, 0.3) is 11.0 Å². The van der Waals surface area contributed by atoms with Crippen LogP contribution >= 0.6 is 15.9 Å². The Balaban J connectivity index is 1.79. The number of aromatic amines is 1. The van der Waals surface area contributed by atoms with Crippen molar-refractivity contribution in [3.05, 3.63) is 52.0 Å². The number of fused-ring (bicyclic) bond motifs is 1. The molecular formula is C15H13BrN4O. The lowest BCUT2D eigenvalue weighted by molar-refractivity contribution is 0.474. The van der Waals surface area contributed by atoms with Crippen LogP contribution in [0.3, 0.4) is 0 Å². The predicted molar refractivity (Wildman–Crippen MR) is 87.9 cm³/mol. The molecule has 2 aromatic carbocycles. The molecule has 0 radical (unpaired) electrons. The van der Waals surface area contributed by atoms with Gasteiger partial charge < -0.3 is 10.1 Å². The molecule has 1 heterocycles. The van der Waals surface area contributed by atoms with Crippen LogP contribution in [-0.2, 0) is 0 Å². The van der Waals surface area contributed by atoms with Crippen molar-refractivity contribution in [2.24, 2.45) is 5.10 Å². The van der Waals surface area contributed by atoms with E-state index in [1.807, 2.05) is 25.1 Å². The average Bonchev–Trinajstić information content (AvgIpc) is 2.84. The second kappa shape index (κ2) is 5.57. The largest absolute Gasteiger partial charge is 0.507 e. The third kappa shape index (κ3) is 3.05. The summed E-state index contributed by atoms with van der Waals surface area (Å²) < 4.78 is 0.876. The number of benzene rings is 2. The molecule has 6 heteroatoms. The van der Waals surface area contributed by atoms with Crippen LogP contribution < -0.4 is 5.43 Å². The number of aromatic nitrogens is 2. The van der Waals surface area contributed by atoms with Crippen LogP contribution in [0.15, 0.2) is 46.0 Å². The van der Waals surface area contributed by atoms with Crippen molar-refractivity contribution in [3.8, 4) is 5.75 Å². The zero-order valence-corrected chi connectivity index (χ0v) is 12.8. The summed E-state index contributed by atoms with van der Waals surface area (Å²) in [7, 11) is 0. The number of phenolic OH excluding ortho intramolecular Hbond substituents is 1. The van der Waals surface area contributed by atoms with Crippen molar-refractivity contribution >= 4 is 39.1 Å². The number of halogens is 1. The number of rotatable bonds is 3. The summed E-state index contributed by atoms with van der Waals surface area (Å²) >= 11 is 3.35. The smallest absolute Gasteiger partial charge is 0.222 e. The molecule has 0 aliphatic rings. The van der Waals surface area contributed by atoms with Crippen LogP contribution in [0, 0.1) is 6.92 Å². The Kier molecular flexibility index (Phi) is 3.62. The Bertz CT molecular complexity index is 826. The molecule has 0 aliphatic carbocycles. The van der Waals surface area contributed by atoms with Gasteiger partial charge in [0.2, 0.25) is 5.95 Å². The van der Waals surface area contributed by atoms with Gasteiger partial charge >= 0.3 is 0 Å². The van der Waals surface area contributed by atoms with Gasteiger partial charge in [-0.25, -0.2) is 10.4 Å². The summed E-state index contributed by atoms with van der Waals surface area (Å²) in [4.78, 5) is 7.51. The fraction of sp³-hybridized carbons (Fsp3) is 0.0667. The summed E-state index contributed by atoms with van der Waals surface area (Å²) in [6, 6.07) is 11.1. The Labute approximate surface area is 129 Å². The van der Waals surface area contributed by atoms with Gasteiger partial charge in [0.05, 0.1) is 17.2 Å². The highest BCUT2D eigenvalue weighted by molar-refractivity contribution is 9.10. The molecule has 106 valence electrons. The van der Waals surface area contributed by atoms with E-state index in [0.717, 1.165) is 15.5 Å². The van der Waals surface area contributed by atoms with Crippen LogP contribution in [0.5, 0.6) is 5.75 Å². The minimum Gasteiger partial charge on any atom is -0.507 e. The lowest BCUT2D eigenvalue weighted by Crippen LogP contribution is -1.92. The van der Waals surface area contributed by atoms with Crippen LogP contribution in [0.1, 0.15) is 11.1 Å². The van der Waals surface area contributed by atoms with E-state index in [9.17, 15) is 5.11 Å². The molecule has 0 spiro atoms. The number of imidazole rings is 1. The number of hydrazone groups is 1. The molecule has 0 unspecified atom stereocenters. The number of anilines is 1. The standard InChI is InChI=1S/C15H13BrN4O/c1-9-2-4-12-13(6-9)19-15(18-12)20-17-8-10-7-11(16)3-5-14(10)21/h2-8,21H,1H3,(H2,18,19,20)/b17-8-. The fourth-order valence-electron chi connectivity index (χ4n) is 1.97. The molecule has 3 rings (SSSR count). The van der Waals surface area contributed by atoms with Gasteiger partial charge in [0.25, 0.3) is 0 Å². The number of H-pyrrole nitrogens is 1. The monoisotopic (exact) mass is 344 g/mol. The van der Waals surface area contributed by atoms with Crippen molar-refractivity contribution in [1.29, 1.82) is 0 Å². The Morgan fingerprint density at radius 2 is 2.14 bits per heavy atom. The molecule has 21 heavy (non-hydrogen) atoms. The first-order valence-electron chi connectivity index (χ1n) is 6.36. The third-order valence-corrected chi connectivity index (χ3v) is 3.49. The van der Waals surface area contributed by atoms with Crippen molar-refractivity contribution in [3.63, 3.8) is 0 Å². The lowest BCUT2D eigenvalue weighted by atomic mass is 10.2. The van der Waals surface area contributed by atoms with Crippen LogP contribution in [0.4, 0.5) is 5.95 Å². The van der Waals surface area contributed by atoms with Gasteiger partial charge in [0, 0.05) is 10.0 Å². The number of hydrogen-bond donors (Lipinski definition) is 3. The second-order valence-electron chi connectivity index (χ2n) is 4.68. The van der Waals surface area contributed by atoms with Crippen molar-refractivity contribution < 1.29 is 5.11 Å². The molecule has 0 fully saturated rings. The Morgan fingerprint density at radius 1 is 1.29 bits per heavy atom. The first-order valence-corrected chi connectivity index (χ1v) is 7.15. The van der Waals surface area contributed by atoms with Gasteiger partial charge in [-0.2, -0.15) is 5.10 Å². The van der Waals surface area contributed by atoms with E-state index >= 15 is 0 Å². The highest BCUT2D eigenvalue weighted by atomic mass is 79.9. The van der Waals surface area contributed by atoms with E-state index in [-0.39, 0.29) is 5.75 Å². The number of nitrogens with one attached hydrogen (secondary N) is 2. The highest BCUT2D eigenvalue weighted by Gasteiger charge is 2.02. The minimum absolute atomic E-state index is 0.170. The number of aryl methyl sites for hydroxylation is 1. The first kappa shape index (κ1) is 13.6. The van der Waals surface area contributed by atoms with E-state index in [4.69, 9.17) is 0 Å². The zero-order valence-electron chi connectivity index (χ0n) is 11.3. The summed E-state index contributed by atoms with van der Waals surface area (Å²) in [6.45, 7) is 2.03. The normalized spacial score (nSPS) is 11.3. The summed E-state index contributed by atoms with van der Waals surface area (Å²) in [5, 5.41) is 13.8. The minimum atomic E-state index is 0.170. The Hall–Kier alpha value is -2.34. The third-order valence-electron chi connectivity index (χ3n) is 3.00. The number of aromatic hydroxyl groups is 1. The molecule has 0 saturated heterocycles. The quantitative estimate of drug-likeness (QED) is 0.500. The first-order chi connectivity index (χ1) is 10.1. The maximum absolute atomic E-state index is 9.71. The van der Waals surface area contributed by atoms with Crippen LogP contribution in [-0.4, -0.2) is 21.3 Å².